The molecule has 0 amide bonds. The van der Waals surface area contributed by atoms with Gasteiger partial charge in [-0.1, -0.05) is 26.7 Å². The number of hydrogen-bond donors (Lipinski definition) is 0. The van der Waals surface area contributed by atoms with Crippen molar-refractivity contribution >= 4 is 11.8 Å². The maximum atomic E-state index is 2.38. The van der Waals surface area contributed by atoms with Crippen LogP contribution in [0.3, 0.4) is 0 Å². The van der Waals surface area contributed by atoms with Crippen LogP contribution in [-0.2, 0) is 0 Å². The van der Waals surface area contributed by atoms with Crippen molar-refractivity contribution in [2.24, 2.45) is 23.7 Å². The lowest BCUT2D eigenvalue weighted by Gasteiger charge is -2.15. The van der Waals surface area contributed by atoms with Crippen molar-refractivity contribution in [1.29, 1.82) is 0 Å². The van der Waals surface area contributed by atoms with Gasteiger partial charge in [0.05, 0.1) is 0 Å². The molecule has 4 atom stereocenters. The highest BCUT2D eigenvalue weighted by atomic mass is 32.2. The molecule has 0 bridgehead atoms. The standard InChI is InChI=1S/C11H20S/c1-3-8-5-9(4-2)11-7-12-6-10(8)11/h8-11H,3-7H2,1-2H3. The highest BCUT2D eigenvalue weighted by Gasteiger charge is 2.43. The van der Waals surface area contributed by atoms with Gasteiger partial charge in [0, 0.05) is 0 Å². The molecule has 1 aliphatic heterocycles. The van der Waals surface area contributed by atoms with Gasteiger partial charge in [-0.15, -0.1) is 0 Å². The predicted octanol–water partition coefficient (Wildman–Crippen LogP) is 3.42. The van der Waals surface area contributed by atoms with Gasteiger partial charge in [-0.25, -0.2) is 0 Å². The first-order chi connectivity index (χ1) is 5.86. The zero-order chi connectivity index (χ0) is 8.55. The molecule has 0 radical (unpaired) electrons. The van der Waals surface area contributed by atoms with E-state index in [0.29, 0.717) is 0 Å². The molecule has 12 heavy (non-hydrogen) atoms. The van der Waals surface area contributed by atoms with Gasteiger partial charge in [-0.05, 0) is 41.6 Å². The second kappa shape index (κ2) is 3.61. The molecule has 0 aromatic heterocycles. The fourth-order valence-corrected chi connectivity index (χ4v) is 4.96. The van der Waals surface area contributed by atoms with Gasteiger partial charge in [0.1, 0.15) is 0 Å². The minimum Gasteiger partial charge on any atom is -0.161 e. The average Bonchev–Trinajstić information content (AvgIpc) is 2.63. The van der Waals surface area contributed by atoms with Crippen LogP contribution in [0.4, 0.5) is 0 Å². The zero-order valence-corrected chi connectivity index (χ0v) is 9.07. The van der Waals surface area contributed by atoms with E-state index in [4.69, 9.17) is 0 Å². The number of hydrogen-bond acceptors (Lipinski definition) is 1. The van der Waals surface area contributed by atoms with Gasteiger partial charge in [0.25, 0.3) is 0 Å². The molecule has 0 aromatic carbocycles. The van der Waals surface area contributed by atoms with E-state index < -0.39 is 0 Å². The summed E-state index contributed by atoms with van der Waals surface area (Å²) in [5, 5.41) is 0. The van der Waals surface area contributed by atoms with E-state index in [0.717, 1.165) is 23.7 Å². The maximum absolute atomic E-state index is 2.38. The van der Waals surface area contributed by atoms with Crippen LogP contribution in [0.15, 0.2) is 0 Å². The van der Waals surface area contributed by atoms with Crippen LogP contribution in [0, 0.1) is 23.7 Å². The average molecular weight is 184 g/mol. The molecular formula is C11H20S. The summed E-state index contributed by atoms with van der Waals surface area (Å²) in [6.45, 7) is 4.76. The molecular weight excluding hydrogens is 164 g/mol. The van der Waals surface area contributed by atoms with Crippen molar-refractivity contribution in [3.8, 4) is 0 Å². The lowest BCUT2D eigenvalue weighted by Crippen LogP contribution is -2.14. The third-order valence-corrected chi connectivity index (χ3v) is 5.28. The summed E-state index contributed by atoms with van der Waals surface area (Å²) in [5.41, 5.74) is 0. The van der Waals surface area contributed by atoms with Crippen molar-refractivity contribution in [1.82, 2.24) is 0 Å². The van der Waals surface area contributed by atoms with E-state index in [1.165, 1.54) is 24.3 Å². The highest BCUT2D eigenvalue weighted by molar-refractivity contribution is 7.99. The van der Waals surface area contributed by atoms with Crippen LogP contribution in [0.25, 0.3) is 0 Å². The first-order valence-corrected chi connectivity index (χ1v) is 6.60. The van der Waals surface area contributed by atoms with E-state index in [1.54, 1.807) is 6.42 Å². The van der Waals surface area contributed by atoms with Crippen LogP contribution in [0.1, 0.15) is 33.1 Å². The summed E-state index contributed by atoms with van der Waals surface area (Å²) in [6.07, 6.45) is 4.40. The van der Waals surface area contributed by atoms with Crippen LogP contribution < -0.4 is 0 Å². The smallest absolute Gasteiger partial charge is 0.00333 e. The Morgan fingerprint density at radius 2 is 1.50 bits per heavy atom. The van der Waals surface area contributed by atoms with Gasteiger partial charge in [-0.3, -0.25) is 0 Å². The molecule has 1 aliphatic carbocycles. The van der Waals surface area contributed by atoms with Crippen LogP contribution >= 0.6 is 11.8 Å². The molecule has 1 heteroatoms. The molecule has 1 heterocycles. The third kappa shape index (κ3) is 1.30. The number of thioether (sulfide) groups is 1. The van der Waals surface area contributed by atoms with Crippen LogP contribution in [0.5, 0.6) is 0 Å². The lowest BCUT2D eigenvalue weighted by molar-refractivity contribution is 0.349. The van der Waals surface area contributed by atoms with Crippen molar-refractivity contribution in [3.05, 3.63) is 0 Å². The monoisotopic (exact) mass is 184 g/mol. The normalized spacial score (nSPS) is 46.5. The Balaban J connectivity index is 2.05. The molecule has 2 rings (SSSR count). The third-order valence-electron chi connectivity index (χ3n) is 4.04. The topological polar surface area (TPSA) is 0 Å². The molecule has 1 saturated heterocycles. The van der Waals surface area contributed by atoms with Crippen molar-refractivity contribution in [2.75, 3.05) is 11.5 Å². The lowest BCUT2D eigenvalue weighted by atomic mass is 9.89. The molecule has 2 fully saturated rings. The highest BCUT2D eigenvalue weighted by Crippen LogP contribution is 2.51. The van der Waals surface area contributed by atoms with Crippen molar-refractivity contribution in [3.63, 3.8) is 0 Å². The van der Waals surface area contributed by atoms with Crippen LogP contribution in [-0.4, -0.2) is 11.5 Å². The Morgan fingerprint density at radius 1 is 1.00 bits per heavy atom. The minimum atomic E-state index is 1.08. The Bertz CT molecular complexity index is 139. The van der Waals surface area contributed by atoms with Gasteiger partial charge >= 0.3 is 0 Å². The summed E-state index contributed by atoms with van der Waals surface area (Å²) in [7, 11) is 0. The number of fused-ring (bicyclic) bond motifs is 1. The quantitative estimate of drug-likeness (QED) is 0.633. The summed E-state index contributed by atoms with van der Waals surface area (Å²) in [6, 6.07) is 0. The molecule has 0 nitrogen and oxygen atoms in total. The minimum absolute atomic E-state index is 1.08. The van der Waals surface area contributed by atoms with Crippen LogP contribution in [0.2, 0.25) is 0 Å². The predicted molar refractivity (Wildman–Crippen MR) is 56.5 cm³/mol. The van der Waals surface area contributed by atoms with Crippen molar-refractivity contribution in [2.45, 2.75) is 33.1 Å². The Morgan fingerprint density at radius 3 is 1.92 bits per heavy atom. The maximum Gasteiger partial charge on any atom is -0.00333 e. The largest absolute Gasteiger partial charge is 0.161 e. The molecule has 0 aromatic rings. The van der Waals surface area contributed by atoms with Gasteiger partial charge in [-0.2, -0.15) is 11.8 Å². The summed E-state index contributed by atoms with van der Waals surface area (Å²) in [4.78, 5) is 0. The summed E-state index contributed by atoms with van der Waals surface area (Å²) < 4.78 is 0. The molecule has 4 unspecified atom stereocenters. The van der Waals surface area contributed by atoms with Gasteiger partial charge < -0.3 is 0 Å². The second-order valence-corrected chi connectivity index (χ2v) is 5.51. The van der Waals surface area contributed by atoms with E-state index >= 15 is 0 Å². The van der Waals surface area contributed by atoms with E-state index in [9.17, 15) is 0 Å². The number of rotatable bonds is 2. The van der Waals surface area contributed by atoms with E-state index in [-0.39, 0.29) is 0 Å². The SMILES string of the molecule is CCC1CC(CC)C2CSCC12. The fourth-order valence-electron chi connectivity index (χ4n) is 3.24. The first-order valence-electron chi connectivity index (χ1n) is 5.44. The second-order valence-electron chi connectivity index (χ2n) is 4.44. The summed E-state index contributed by atoms with van der Waals surface area (Å²) >= 11 is 2.20. The van der Waals surface area contributed by atoms with E-state index in [2.05, 4.69) is 25.6 Å². The molecule has 0 spiro atoms. The molecule has 2 aliphatic rings. The molecule has 70 valence electrons. The van der Waals surface area contributed by atoms with Gasteiger partial charge in [0.2, 0.25) is 0 Å². The molecule has 0 N–H and O–H groups in total. The summed E-state index contributed by atoms with van der Waals surface area (Å²) in [5.74, 6) is 7.30. The first kappa shape index (κ1) is 8.93. The van der Waals surface area contributed by atoms with Crippen molar-refractivity contribution < 1.29 is 0 Å². The Labute approximate surface area is 80.5 Å². The molecule has 1 saturated carbocycles. The Kier molecular flexibility index (Phi) is 2.69. The van der Waals surface area contributed by atoms with E-state index in [1.807, 2.05) is 0 Å². The fraction of sp³-hybridized carbons (Fsp3) is 1.00. The Hall–Kier alpha value is 0.350. The zero-order valence-electron chi connectivity index (χ0n) is 8.25. The van der Waals surface area contributed by atoms with Gasteiger partial charge in [0.15, 0.2) is 0 Å².